The highest BCUT2D eigenvalue weighted by Crippen LogP contribution is 2.28. The lowest BCUT2D eigenvalue weighted by molar-refractivity contribution is -0.116. The second-order valence-corrected chi connectivity index (χ2v) is 3.80. The Labute approximate surface area is 83.5 Å². The quantitative estimate of drug-likeness (QED) is 0.658. The molecule has 1 unspecified atom stereocenters. The summed E-state index contributed by atoms with van der Waals surface area (Å²) < 4.78 is 0. The maximum atomic E-state index is 11.5. The molecule has 3 heteroatoms. The maximum absolute atomic E-state index is 11.5. The molecule has 0 saturated carbocycles. The van der Waals surface area contributed by atoms with E-state index in [-0.39, 0.29) is 11.9 Å². The topological polar surface area (TPSA) is 41.1 Å². The van der Waals surface area contributed by atoms with E-state index in [0.717, 1.165) is 16.9 Å². The van der Waals surface area contributed by atoms with E-state index < -0.39 is 0 Å². The van der Waals surface area contributed by atoms with Crippen LogP contribution in [-0.2, 0) is 4.79 Å². The van der Waals surface area contributed by atoms with Gasteiger partial charge >= 0.3 is 0 Å². The number of hydrogen-bond donors (Lipinski definition) is 2. The first-order valence-electron chi connectivity index (χ1n) is 4.83. The Morgan fingerprint density at radius 3 is 3.00 bits per heavy atom. The van der Waals surface area contributed by atoms with Crippen molar-refractivity contribution in [3.05, 3.63) is 23.8 Å². The molecule has 1 aliphatic heterocycles. The van der Waals surface area contributed by atoms with Crippen LogP contribution in [0.4, 0.5) is 11.4 Å². The third kappa shape index (κ3) is 1.58. The summed E-state index contributed by atoms with van der Waals surface area (Å²) in [5, 5.41) is 6.23. The van der Waals surface area contributed by atoms with Gasteiger partial charge in [0.15, 0.2) is 0 Å². The second kappa shape index (κ2) is 3.33. The van der Waals surface area contributed by atoms with Gasteiger partial charge in [-0.3, -0.25) is 4.79 Å². The molecule has 1 atom stereocenters. The Morgan fingerprint density at radius 2 is 2.21 bits per heavy atom. The molecule has 1 aromatic rings. The summed E-state index contributed by atoms with van der Waals surface area (Å²) in [6, 6.07) is 6.17. The first kappa shape index (κ1) is 9.06. The summed E-state index contributed by atoms with van der Waals surface area (Å²) in [7, 11) is 0. The average Bonchev–Trinajstić information content (AvgIpc) is 2.23. The molecule has 0 saturated heterocycles. The Hall–Kier alpha value is -1.51. The van der Waals surface area contributed by atoms with Crippen LogP contribution in [0.5, 0.6) is 0 Å². The van der Waals surface area contributed by atoms with Gasteiger partial charge in [-0.25, -0.2) is 0 Å². The van der Waals surface area contributed by atoms with Crippen LogP contribution in [0.2, 0.25) is 0 Å². The van der Waals surface area contributed by atoms with Crippen LogP contribution < -0.4 is 10.6 Å². The number of amides is 1. The molecule has 0 spiro atoms. The van der Waals surface area contributed by atoms with Gasteiger partial charge in [0.1, 0.15) is 0 Å². The number of para-hydroxylation sites is 1. The Balaban J connectivity index is 2.46. The molecule has 0 fully saturated rings. The number of benzene rings is 1. The molecule has 1 amide bonds. The van der Waals surface area contributed by atoms with Crippen LogP contribution in [-0.4, -0.2) is 11.9 Å². The molecular formula is C11H14N2O. The highest BCUT2D eigenvalue weighted by atomic mass is 16.1. The molecule has 0 aromatic heterocycles. The number of rotatable bonds is 0. The lowest BCUT2D eigenvalue weighted by Gasteiger charge is -2.12. The minimum atomic E-state index is 0.0815. The van der Waals surface area contributed by atoms with Crippen molar-refractivity contribution in [3.8, 4) is 0 Å². The van der Waals surface area contributed by atoms with Crippen molar-refractivity contribution in [3.63, 3.8) is 0 Å². The predicted octanol–water partition coefficient (Wildman–Crippen LogP) is 2.14. The van der Waals surface area contributed by atoms with E-state index in [1.165, 1.54) is 0 Å². The summed E-state index contributed by atoms with van der Waals surface area (Å²) in [6.45, 7) is 4.01. The largest absolute Gasteiger partial charge is 0.380 e. The van der Waals surface area contributed by atoms with Crippen LogP contribution in [0.25, 0.3) is 0 Å². The molecular weight excluding hydrogens is 176 g/mol. The van der Waals surface area contributed by atoms with Gasteiger partial charge in [-0.05, 0) is 25.5 Å². The first-order chi connectivity index (χ1) is 6.66. The number of fused-ring (bicyclic) bond motifs is 1. The molecule has 0 radical (unpaired) electrons. The van der Waals surface area contributed by atoms with Crippen molar-refractivity contribution >= 4 is 17.3 Å². The third-order valence-electron chi connectivity index (χ3n) is 2.43. The zero-order valence-corrected chi connectivity index (χ0v) is 8.42. The van der Waals surface area contributed by atoms with Gasteiger partial charge < -0.3 is 10.6 Å². The van der Waals surface area contributed by atoms with E-state index in [0.29, 0.717) is 6.42 Å². The minimum absolute atomic E-state index is 0.0815. The van der Waals surface area contributed by atoms with E-state index in [1.807, 2.05) is 32.0 Å². The summed E-state index contributed by atoms with van der Waals surface area (Å²) >= 11 is 0. The summed E-state index contributed by atoms with van der Waals surface area (Å²) in [5.41, 5.74) is 3.03. The number of aryl methyl sites for hydroxylation is 1. The second-order valence-electron chi connectivity index (χ2n) is 3.80. The number of hydrogen-bond acceptors (Lipinski definition) is 2. The van der Waals surface area contributed by atoms with Crippen molar-refractivity contribution < 1.29 is 4.79 Å². The number of nitrogens with one attached hydrogen (secondary N) is 2. The normalized spacial score (nSPS) is 20.4. The van der Waals surface area contributed by atoms with Gasteiger partial charge in [0.05, 0.1) is 11.4 Å². The molecule has 14 heavy (non-hydrogen) atoms. The zero-order valence-electron chi connectivity index (χ0n) is 8.42. The monoisotopic (exact) mass is 190 g/mol. The molecule has 2 rings (SSSR count). The van der Waals surface area contributed by atoms with Gasteiger partial charge in [-0.1, -0.05) is 12.1 Å². The Morgan fingerprint density at radius 1 is 1.43 bits per heavy atom. The van der Waals surface area contributed by atoms with E-state index >= 15 is 0 Å². The molecule has 1 aromatic carbocycles. The zero-order chi connectivity index (χ0) is 10.1. The molecule has 2 N–H and O–H groups in total. The number of anilines is 2. The fourth-order valence-electron chi connectivity index (χ4n) is 1.74. The lowest BCUT2D eigenvalue weighted by atomic mass is 10.1. The van der Waals surface area contributed by atoms with Crippen molar-refractivity contribution in [1.82, 2.24) is 0 Å². The summed E-state index contributed by atoms with van der Waals surface area (Å²) in [4.78, 5) is 11.5. The van der Waals surface area contributed by atoms with E-state index in [9.17, 15) is 4.79 Å². The molecule has 3 nitrogen and oxygen atoms in total. The Bertz CT molecular complexity index is 374. The van der Waals surface area contributed by atoms with E-state index in [1.54, 1.807) is 0 Å². The highest BCUT2D eigenvalue weighted by Gasteiger charge is 2.17. The molecule has 0 bridgehead atoms. The molecule has 0 aliphatic carbocycles. The van der Waals surface area contributed by atoms with Crippen molar-refractivity contribution in [2.75, 3.05) is 10.6 Å². The van der Waals surface area contributed by atoms with Crippen LogP contribution in [0.3, 0.4) is 0 Å². The van der Waals surface area contributed by atoms with Gasteiger partial charge in [0, 0.05) is 12.5 Å². The molecule has 74 valence electrons. The summed E-state index contributed by atoms with van der Waals surface area (Å²) in [5.74, 6) is 0.0815. The van der Waals surface area contributed by atoms with Gasteiger partial charge in [0.25, 0.3) is 0 Å². The molecule has 1 heterocycles. The standard InChI is InChI=1S/C11H14N2O/c1-7-4-3-5-9-11(7)13-10(14)6-8(2)12-9/h3-5,8,12H,6H2,1-2H3,(H,13,14). The Kier molecular flexibility index (Phi) is 2.15. The number of carbonyl (C=O) groups is 1. The first-order valence-corrected chi connectivity index (χ1v) is 4.83. The predicted molar refractivity (Wildman–Crippen MR) is 57.5 cm³/mol. The van der Waals surface area contributed by atoms with Crippen LogP contribution in [0.1, 0.15) is 18.9 Å². The van der Waals surface area contributed by atoms with Gasteiger partial charge in [-0.15, -0.1) is 0 Å². The van der Waals surface area contributed by atoms with Gasteiger partial charge in [-0.2, -0.15) is 0 Å². The highest BCUT2D eigenvalue weighted by molar-refractivity contribution is 5.97. The smallest absolute Gasteiger partial charge is 0.226 e. The van der Waals surface area contributed by atoms with Crippen LogP contribution in [0.15, 0.2) is 18.2 Å². The van der Waals surface area contributed by atoms with Crippen LogP contribution >= 0.6 is 0 Å². The van der Waals surface area contributed by atoms with Crippen molar-refractivity contribution in [2.24, 2.45) is 0 Å². The minimum Gasteiger partial charge on any atom is -0.380 e. The maximum Gasteiger partial charge on any atom is 0.226 e. The fraction of sp³-hybridized carbons (Fsp3) is 0.364. The lowest BCUT2D eigenvalue weighted by Crippen LogP contribution is -2.18. The van der Waals surface area contributed by atoms with E-state index in [2.05, 4.69) is 10.6 Å². The fourth-order valence-corrected chi connectivity index (χ4v) is 1.74. The number of carbonyl (C=O) groups excluding carboxylic acids is 1. The van der Waals surface area contributed by atoms with Crippen molar-refractivity contribution in [1.29, 1.82) is 0 Å². The summed E-state index contributed by atoms with van der Waals surface area (Å²) in [6.07, 6.45) is 0.522. The van der Waals surface area contributed by atoms with Crippen molar-refractivity contribution in [2.45, 2.75) is 26.3 Å². The SMILES string of the molecule is Cc1cccc2c1NC(=O)CC(C)N2. The van der Waals surface area contributed by atoms with E-state index in [4.69, 9.17) is 0 Å². The van der Waals surface area contributed by atoms with Gasteiger partial charge in [0.2, 0.25) is 5.91 Å². The third-order valence-corrected chi connectivity index (χ3v) is 2.43. The molecule has 1 aliphatic rings. The van der Waals surface area contributed by atoms with Crippen LogP contribution in [0, 0.1) is 6.92 Å². The average molecular weight is 190 g/mol.